The van der Waals surface area contributed by atoms with E-state index in [1.54, 1.807) is 5.56 Å². The van der Waals surface area contributed by atoms with Crippen molar-refractivity contribution < 1.29 is 0 Å². The van der Waals surface area contributed by atoms with Gasteiger partial charge in [0.2, 0.25) is 0 Å². The fourth-order valence-electron chi connectivity index (χ4n) is 8.34. The number of fused-ring (bicyclic) bond motifs is 11. The fourth-order valence-corrected chi connectivity index (χ4v) is 10.0. The molecule has 46 heavy (non-hydrogen) atoms. The summed E-state index contributed by atoms with van der Waals surface area (Å²) in [4.78, 5) is 1.48. The van der Waals surface area contributed by atoms with Crippen LogP contribution in [0.5, 0.6) is 0 Å². The van der Waals surface area contributed by atoms with Crippen LogP contribution in [0.4, 0.5) is 0 Å². The standard InChI is InChI=1S/C45H32S/c1-27-6-4-11-43-44(27)41-10-5-9-38(45(41)46-43)34-19-21-37-33(25-34)15-14-32-24-30(18-20-36(32)37)31-13-12-29-17-22-39-35-8-3-2-7-28(35)16-23-40(39)42(29)26-31/h2-5,7-27,43-44H,6H2,1H3. The maximum atomic E-state index is 2.45. The Morgan fingerprint density at radius 1 is 0.500 bits per heavy atom. The maximum absolute atomic E-state index is 2.45. The van der Waals surface area contributed by atoms with Crippen molar-refractivity contribution in [2.24, 2.45) is 5.92 Å². The molecule has 0 aromatic heterocycles. The van der Waals surface area contributed by atoms with Gasteiger partial charge in [0.1, 0.15) is 0 Å². The summed E-state index contributed by atoms with van der Waals surface area (Å²) >= 11 is 2.07. The van der Waals surface area contributed by atoms with Crippen LogP contribution in [0.15, 0.2) is 151 Å². The number of allylic oxidation sites excluding steroid dienone is 1. The minimum atomic E-state index is 0.569. The molecule has 0 radical (unpaired) electrons. The lowest BCUT2D eigenvalue weighted by atomic mass is 9.79. The zero-order valence-corrected chi connectivity index (χ0v) is 26.5. The summed E-state index contributed by atoms with van der Waals surface area (Å²) in [5.74, 6) is 1.32. The van der Waals surface area contributed by atoms with Gasteiger partial charge in [0.25, 0.3) is 0 Å². The van der Waals surface area contributed by atoms with E-state index in [-0.39, 0.29) is 0 Å². The summed E-state index contributed by atoms with van der Waals surface area (Å²) in [5.41, 5.74) is 6.76. The third-order valence-electron chi connectivity index (χ3n) is 10.7. The molecule has 1 aliphatic heterocycles. The highest BCUT2D eigenvalue weighted by atomic mass is 32.2. The quantitative estimate of drug-likeness (QED) is 0.140. The van der Waals surface area contributed by atoms with Crippen LogP contribution in [0, 0.1) is 5.92 Å². The third-order valence-corrected chi connectivity index (χ3v) is 12.1. The maximum Gasteiger partial charge on any atom is 0.0346 e. The van der Waals surface area contributed by atoms with Crippen molar-refractivity contribution in [1.82, 2.24) is 0 Å². The second-order valence-electron chi connectivity index (χ2n) is 13.3. The first-order valence-corrected chi connectivity index (χ1v) is 17.4. The normalized spacial score (nSPS) is 18.9. The molecule has 8 aromatic carbocycles. The van der Waals surface area contributed by atoms with Crippen molar-refractivity contribution in [1.29, 1.82) is 0 Å². The molecular formula is C45H32S. The SMILES string of the molecule is CC1CC=CC2Sc3c(-c4ccc5c(ccc6cc(-c7ccc8ccc9c%10ccccc%10ccc9c8c7)ccc65)c4)cccc3C12. The Morgan fingerprint density at radius 3 is 1.96 bits per heavy atom. The topological polar surface area (TPSA) is 0 Å². The van der Waals surface area contributed by atoms with E-state index < -0.39 is 0 Å². The molecule has 0 spiro atoms. The summed E-state index contributed by atoms with van der Waals surface area (Å²) in [5, 5.41) is 13.6. The molecule has 3 atom stereocenters. The molecule has 0 N–H and O–H groups in total. The number of thioether (sulfide) groups is 1. The molecule has 2 aliphatic rings. The monoisotopic (exact) mass is 604 g/mol. The van der Waals surface area contributed by atoms with Crippen LogP contribution in [0.25, 0.3) is 76.1 Å². The predicted octanol–water partition coefficient (Wildman–Crippen LogP) is 12.9. The lowest BCUT2D eigenvalue weighted by Gasteiger charge is -2.26. The molecule has 0 saturated carbocycles. The molecule has 3 unspecified atom stereocenters. The zero-order valence-electron chi connectivity index (χ0n) is 25.7. The number of benzene rings is 8. The third kappa shape index (κ3) is 3.95. The van der Waals surface area contributed by atoms with E-state index in [0.717, 1.165) is 0 Å². The molecule has 10 rings (SSSR count). The van der Waals surface area contributed by atoms with Gasteiger partial charge < -0.3 is 0 Å². The van der Waals surface area contributed by atoms with Gasteiger partial charge in [-0.3, -0.25) is 0 Å². The minimum absolute atomic E-state index is 0.569. The van der Waals surface area contributed by atoms with Gasteiger partial charge >= 0.3 is 0 Å². The van der Waals surface area contributed by atoms with Crippen molar-refractivity contribution in [3.05, 3.63) is 151 Å². The van der Waals surface area contributed by atoms with Gasteiger partial charge in [-0.05, 0) is 112 Å². The van der Waals surface area contributed by atoms with Crippen LogP contribution in [0.3, 0.4) is 0 Å². The Morgan fingerprint density at radius 2 is 1.11 bits per heavy atom. The average molecular weight is 605 g/mol. The first-order valence-electron chi connectivity index (χ1n) is 16.5. The highest BCUT2D eigenvalue weighted by Crippen LogP contribution is 2.55. The van der Waals surface area contributed by atoms with Crippen molar-refractivity contribution in [2.45, 2.75) is 29.4 Å². The molecule has 1 heteroatoms. The molecule has 8 aromatic rings. The van der Waals surface area contributed by atoms with Gasteiger partial charge in [0, 0.05) is 16.1 Å². The summed E-state index contributed by atoms with van der Waals surface area (Å²) in [6.45, 7) is 2.42. The molecule has 0 bridgehead atoms. The van der Waals surface area contributed by atoms with Gasteiger partial charge in [0.05, 0.1) is 0 Å². The first-order chi connectivity index (χ1) is 22.7. The van der Waals surface area contributed by atoms with Crippen molar-refractivity contribution in [2.75, 3.05) is 0 Å². The van der Waals surface area contributed by atoms with Crippen LogP contribution in [0.2, 0.25) is 0 Å². The van der Waals surface area contributed by atoms with Crippen LogP contribution in [-0.4, -0.2) is 5.25 Å². The van der Waals surface area contributed by atoms with Crippen LogP contribution in [0.1, 0.15) is 24.8 Å². The van der Waals surface area contributed by atoms with E-state index >= 15 is 0 Å². The van der Waals surface area contributed by atoms with Gasteiger partial charge in [-0.25, -0.2) is 0 Å². The molecular weight excluding hydrogens is 573 g/mol. The molecule has 0 fully saturated rings. The Balaban J connectivity index is 1.05. The summed E-state index contributed by atoms with van der Waals surface area (Å²) in [7, 11) is 0. The molecule has 0 amide bonds. The van der Waals surface area contributed by atoms with E-state index in [1.807, 2.05) is 0 Å². The van der Waals surface area contributed by atoms with E-state index in [0.29, 0.717) is 17.1 Å². The Bertz CT molecular complexity index is 2570. The molecule has 0 nitrogen and oxygen atoms in total. The Kier molecular flexibility index (Phi) is 5.78. The van der Waals surface area contributed by atoms with Crippen molar-refractivity contribution in [3.63, 3.8) is 0 Å². The Labute approximate surface area is 273 Å². The van der Waals surface area contributed by atoms with Crippen LogP contribution < -0.4 is 0 Å². The van der Waals surface area contributed by atoms with E-state index in [4.69, 9.17) is 0 Å². The molecule has 1 aliphatic carbocycles. The average Bonchev–Trinajstić information content (AvgIpc) is 3.51. The fraction of sp³-hybridized carbons (Fsp3) is 0.111. The predicted molar refractivity (Wildman–Crippen MR) is 200 cm³/mol. The van der Waals surface area contributed by atoms with Crippen LogP contribution >= 0.6 is 11.8 Å². The highest BCUT2D eigenvalue weighted by molar-refractivity contribution is 8.00. The van der Waals surface area contributed by atoms with E-state index in [1.165, 1.54) is 87.4 Å². The summed E-state index contributed by atoms with van der Waals surface area (Å²) in [6, 6.07) is 50.3. The highest BCUT2D eigenvalue weighted by Gasteiger charge is 2.38. The second kappa shape index (κ2) is 10.1. The van der Waals surface area contributed by atoms with Gasteiger partial charge in [0.15, 0.2) is 0 Å². The number of hydrogen-bond donors (Lipinski definition) is 0. The van der Waals surface area contributed by atoms with Crippen molar-refractivity contribution >= 4 is 65.6 Å². The van der Waals surface area contributed by atoms with Gasteiger partial charge in [-0.2, -0.15) is 0 Å². The van der Waals surface area contributed by atoms with Gasteiger partial charge in [-0.1, -0.05) is 134 Å². The number of rotatable bonds is 2. The van der Waals surface area contributed by atoms with Crippen LogP contribution in [-0.2, 0) is 0 Å². The summed E-state index contributed by atoms with van der Waals surface area (Å²) < 4.78 is 0. The van der Waals surface area contributed by atoms with Gasteiger partial charge in [-0.15, -0.1) is 11.8 Å². The zero-order chi connectivity index (χ0) is 30.4. The first kappa shape index (κ1) is 26.4. The van der Waals surface area contributed by atoms with Crippen molar-refractivity contribution in [3.8, 4) is 22.3 Å². The summed E-state index contributed by atoms with van der Waals surface area (Å²) in [6.07, 6.45) is 6.02. The molecule has 218 valence electrons. The second-order valence-corrected chi connectivity index (χ2v) is 14.5. The lowest BCUT2D eigenvalue weighted by Crippen LogP contribution is -2.19. The van der Waals surface area contributed by atoms with E-state index in [2.05, 4.69) is 164 Å². The largest absolute Gasteiger partial charge is 0.117 e. The lowest BCUT2D eigenvalue weighted by molar-refractivity contribution is 0.460. The van der Waals surface area contributed by atoms with E-state index in [9.17, 15) is 0 Å². The smallest absolute Gasteiger partial charge is 0.0346 e. The Hall–Kier alpha value is -4.85. The number of hydrogen-bond acceptors (Lipinski definition) is 1. The molecule has 1 heterocycles. The minimum Gasteiger partial charge on any atom is -0.117 e. The molecule has 0 saturated heterocycles.